The van der Waals surface area contributed by atoms with Crippen LogP contribution in [0.1, 0.15) is 4.88 Å². The summed E-state index contributed by atoms with van der Waals surface area (Å²) in [4.78, 5) is 26.3. The minimum Gasteiger partial charge on any atom is -0.272 e. The average molecular weight is 322 g/mol. The first-order valence-electron chi connectivity index (χ1n) is 5.75. The third kappa shape index (κ3) is 4.97. The second kappa shape index (κ2) is 7.50. The quantitative estimate of drug-likeness (QED) is 0.381. The number of rotatable bonds is 6. The summed E-state index contributed by atoms with van der Waals surface area (Å²) in [6.45, 7) is 0. The van der Waals surface area contributed by atoms with Gasteiger partial charge in [0.2, 0.25) is 5.91 Å². The van der Waals surface area contributed by atoms with Crippen LogP contribution in [0.3, 0.4) is 0 Å². The van der Waals surface area contributed by atoms with E-state index in [1.807, 2.05) is 12.1 Å². The molecule has 9 heteroatoms. The molecule has 0 aromatic carbocycles. The fraction of sp³-hybridized carbons (Fsp3) is 0.0833. The second-order valence-corrected chi connectivity index (χ2v) is 5.77. The van der Waals surface area contributed by atoms with Crippen molar-refractivity contribution < 1.29 is 9.72 Å². The zero-order valence-corrected chi connectivity index (χ0v) is 12.3. The molecule has 7 nitrogen and oxygen atoms in total. The predicted molar refractivity (Wildman–Crippen MR) is 81.7 cm³/mol. The smallest absolute Gasteiger partial charge is 0.272 e. The molecule has 108 valence electrons. The molecular formula is C12H10N4O3S2. The first kappa shape index (κ1) is 15.1. The van der Waals surface area contributed by atoms with Gasteiger partial charge in [-0.2, -0.15) is 5.10 Å². The van der Waals surface area contributed by atoms with Gasteiger partial charge < -0.3 is 0 Å². The lowest BCUT2D eigenvalue weighted by atomic mass is 10.5. The summed E-state index contributed by atoms with van der Waals surface area (Å²) in [7, 11) is 0. The molecule has 0 aliphatic heterocycles. The van der Waals surface area contributed by atoms with Crippen LogP contribution in [0, 0.1) is 10.1 Å². The van der Waals surface area contributed by atoms with Crippen LogP contribution in [0.15, 0.2) is 46.7 Å². The van der Waals surface area contributed by atoms with E-state index in [1.165, 1.54) is 24.0 Å². The van der Waals surface area contributed by atoms with E-state index < -0.39 is 4.92 Å². The summed E-state index contributed by atoms with van der Waals surface area (Å²) in [5.74, 6) is -0.0770. The Labute approximate surface area is 128 Å². The van der Waals surface area contributed by atoms with Crippen molar-refractivity contribution in [3.05, 3.63) is 51.5 Å². The number of thiophene rings is 1. The molecule has 0 radical (unpaired) electrons. The van der Waals surface area contributed by atoms with E-state index in [4.69, 9.17) is 0 Å². The van der Waals surface area contributed by atoms with Gasteiger partial charge in [-0.1, -0.05) is 29.2 Å². The Morgan fingerprint density at radius 1 is 1.48 bits per heavy atom. The lowest BCUT2D eigenvalue weighted by molar-refractivity contribution is -0.380. The summed E-state index contributed by atoms with van der Waals surface area (Å²) >= 11 is 2.29. The number of aromatic nitrogens is 1. The minimum atomic E-state index is -0.468. The van der Waals surface area contributed by atoms with Gasteiger partial charge >= 0.3 is 5.00 Å². The highest BCUT2D eigenvalue weighted by Gasteiger charge is 2.08. The minimum absolute atomic E-state index is 0.0356. The van der Waals surface area contributed by atoms with Crippen LogP contribution in [-0.2, 0) is 4.79 Å². The Bertz CT molecular complexity index is 658. The number of amides is 1. The second-order valence-electron chi connectivity index (χ2n) is 3.68. The van der Waals surface area contributed by atoms with Gasteiger partial charge in [0.15, 0.2) is 0 Å². The Morgan fingerprint density at radius 2 is 2.33 bits per heavy atom. The SMILES string of the molecule is O=C(CSc1ccccn1)N/N=C\c1ccc([N+](=O)[O-])s1. The van der Waals surface area contributed by atoms with Gasteiger partial charge in [-0.05, 0) is 18.2 Å². The van der Waals surface area contributed by atoms with Gasteiger partial charge in [0.25, 0.3) is 0 Å². The molecule has 2 aromatic heterocycles. The third-order valence-corrected chi connectivity index (χ3v) is 4.08. The molecule has 0 bridgehead atoms. The number of hydrogen-bond donors (Lipinski definition) is 1. The average Bonchev–Trinajstić information content (AvgIpc) is 2.95. The normalized spacial score (nSPS) is 10.7. The van der Waals surface area contributed by atoms with E-state index in [1.54, 1.807) is 18.3 Å². The van der Waals surface area contributed by atoms with E-state index in [-0.39, 0.29) is 16.7 Å². The fourth-order valence-corrected chi connectivity index (χ4v) is 2.63. The lowest BCUT2D eigenvalue weighted by Crippen LogP contribution is -2.19. The van der Waals surface area contributed by atoms with E-state index in [2.05, 4.69) is 15.5 Å². The van der Waals surface area contributed by atoms with Gasteiger partial charge in [0.1, 0.15) is 0 Å². The molecule has 0 spiro atoms. The molecule has 0 unspecified atom stereocenters. The highest BCUT2D eigenvalue weighted by atomic mass is 32.2. The van der Waals surface area contributed by atoms with Crippen molar-refractivity contribution in [3.8, 4) is 0 Å². The van der Waals surface area contributed by atoms with Crippen LogP contribution < -0.4 is 5.43 Å². The molecule has 1 N–H and O–H groups in total. The van der Waals surface area contributed by atoms with E-state index in [0.29, 0.717) is 4.88 Å². The van der Waals surface area contributed by atoms with E-state index in [0.717, 1.165) is 16.4 Å². The Hall–Kier alpha value is -2.26. The van der Waals surface area contributed by atoms with Crippen molar-refractivity contribution >= 4 is 40.2 Å². The van der Waals surface area contributed by atoms with Crippen molar-refractivity contribution in [2.45, 2.75) is 5.03 Å². The molecule has 2 heterocycles. The highest BCUT2D eigenvalue weighted by Crippen LogP contribution is 2.22. The van der Waals surface area contributed by atoms with Crippen LogP contribution >= 0.6 is 23.1 Å². The maximum atomic E-state index is 11.5. The van der Waals surface area contributed by atoms with Gasteiger partial charge in [0.05, 0.1) is 26.8 Å². The largest absolute Gasteiger partial charge is 0.324 e. The molecule has 0 fully saturated rings. The van der Waals surface area contributed by atoms with Crippen LogP contribution in [-0.4, -0.2) is 27.8 Å². The third-order valence-electron chi connectivity index (χ3n) is 2.16. The standard InChI is InChI=1S/C12H10N4O3S2/c17-10(8-20-11-3-1-2-6-13-11)15-14-7-9-4-5-12(21-9)16(18)19/h1-7H,8H2,(H,15,17)/b14-7-. The molecule has 1 amide bonds. The van der Waals surface area contributed by atoms with Crippen molar-refractivity contribution in [3.63, 3.8) is 0 Å². The van der Waals surface area contributed by atoms with Crippen molar-refractivity contribution in [2.24, 2.45) is 5.10 Å². The number of hydrazone groups is 1. The maximum absolute atomic E-state index is 11.5. The lowest BCUT2D eigenvalue weighted by Gasteiger charge is -1.99. The predicted octanol–water partition coefficient (Wildman–Crippen LogP) is 2.29. The molecule has 2 aromatic rings. The Morgan fingerprint density at radius 3 is 3.00 bits per heavy atom. The molecule has 0 saturated carbocycles. The summed E-state index contributed by atoms with van der Waals surface area (Å²) < 4.78 is 0. The Kier molecular flexibility index (Phi) is 5.41. The monoisotopic (exact) mass is 322 g/mol. The zero-order valence-electron chi connectivity index (χ0n) is 10.6. The van der Waals surface area contributed by atoms with Crippen LogP contribution in [0.4, 0.5) is 5.00 Å². The maximum Gasteiger partial charge on any atom is 0.324 e. The molecule has 0 saturated heterocycles. The molecular weight excluding hydrogens is 312 g/mol. The number of carbonyl (C=O) groups excluding carboxylic acids is 1. The van der Waals surface area contributed by atoms with Crippen LogP contribution in [0.5, 0.6) is 0 Å². The molecule has 2 rings (SSSR count). The number of thioether (sulfide) groups is 1. The van der Waals surface area contributed by atoms with Crippen molar-refractivity contribution in [2.75, 3.05) is 5.75 Å². The first-order valence-corrected chi connectivity index (χ1v) is 7.55. The van der Waals surface area contributed by atoms with Gasteiger partial charge in [0, 0.05) is 12.3 Å². The highest BCUT2D eigenvalue weighted by molar-refractivity contribution is 7.99. The van der Waals surface area contributed by atoms with Gasteiger partial charge in [-0.15, -0.1) is 0 Å². The van der Waals surface area contributed by atoms with Gasteiger partial charge in [-0.3, -0.25) is 14.9 Å². The van der Waals surface area contributed by atoms with Crippen LogP contribution in [0.2, 0.25) is 0 Å². The molecule has 0 aliphatic rings. The number of pyridine rings is 1. The summed E-state index contributed by atoms with van der Waals surface area (Å²) in [6.07, 6.45) is 3.03. The fourth-order valence-electron chi connectivity index (χ4n) is 1.28. The molecule has 0 atom stereocenters. The molecule has 0 aliphatic carbocycles. The van der Waals surface area contributed by atoms with Crippen LogP contribution in [0.25, 0.3) is 0 Å². The summed E-state index contributed by atoms with van der Waals surface area (Å²) in [6, 6.07) is 8.42. The number of nitro groups is 1. The summed E-state index contributed by atoms with van der Waals surface area (Å²) in [5, 5.41) is 15.1. The van der Waals surface area contributed by atoms with E-state index in [9.17, 15) is 14.9 Å². The summed E-state index contributed by atoms with van der Waals surface area (Å²) in [5.41, 5.74) is 2.36. The van der Waals surface area contributed by atoms with E-state index >= 15 is 0 Å². The number of carbonyl (C=O) groups is 1. The topological polar surface area (TPSA) is 97.5 Å². The first-order chi connectivity index (χ1) is 10.1. The number of nitrogens with one attached hydrogen (secondary N) is 1. The number of hydrogen-bond acceptors (Lipinski definition) is 7. The van der Waals surface area contributed by atoms with Crippen molar-refractivity contribution in [1.82, 2.24) is 10.4 Å². The van der Waals surface area contributed by atoms with Crippen molar-refractivity contribution in [1.29, 1.82) is 0 Å². The van der Waals surface area contributed by atoms with Gasteiger partial charge in [-0.25, -0.2) is 10.4 Å². The molecule has 21 heavy (non-hydrogen) atoms. The zero-order chi connectivity index (χ0) is 15.1. The number of nitrogens with zero attached hydrogens (tertiary/aromatic N) is 3. The Balaban J connectivity index is 1.77.